The predicted molar refractivity (Wildman–Crippen MR) is 89.3 cm³/mol. The minimum Gasteiger partial charge on any atom is -0.397 e. The first-order valence-corrected chi connectivity index (χ1v) is 10.4. The van der Waals surface area contributed by atoms with Crippen molar-refractivity contribution < 1.29 is 8.85 Å². The molecule has 0 amide bonds. The van der Waals surface area contributed by atoms with Crippen LogP contribution in [0.25, 0.3) is 0 Å². The van der Waals surface area contributed by atoms with Crippen molar-refractivity contribution in [2.24, 2.45) is 11.8 Å². The lowest BCUT2D eigenvalue weighted by molar-refractivity contribution is 0.169. The highest BCUT2D eigenvalue weighted by atomic mass is 28.4. The van der Waals surface area contributed by atoms with E-state index in [9.17, 15) is 0 Å². The van der Waals surface area contributed by atoms with Gasteiger partial charge in [0.05, 0.1) is 0 Å². The fraction of sp³-hybridized carbons (Fsp3) is 1.00. The molecular formula is C17H36O2Si. The highest BCUT2D eigenvalue weighted by molar-refractivity contribution is 6.72. The smallest absolute Gasteiger partial charge is 0.347 e. The first-order chi connectivity index (χ1) is 9.37. The molecular weight excluding hydrogens is 264 g/mol. The summed E-state index contributed by atoms with van der Waals surface area (Å²) >= 11 is 0. The fourth-order valence-electron chi connectivity index (χ4n) is 4.14. The maximum absolute atomic E-state index is 6.22. The Balaban J connectivity index is 3.05. The first-order valence-electron chi connectivity index (χ1n) is 8.47. The topological polar surface area (TPSA) is 18.5 Å². The zero-order valence-electron chi connectivity index (χ0n) is 14.8. The van der Waals surface area contributed by atoms with Crippen molar-refractivity contribution in [2.45, 2.75) is 83.7 Å². The predicted octanol–water partition coefficient (Wildman–Crippen LogP) is 5.52. The minimum atomic E-state index is -2.21. The van der Waals surface area contributed by atoms with Gasteiger partial charge >= 0.3 is 8.56 Å². The van der Waals surface area contributed by atoms with Gasteiger partial charge in [0, 0.05) is 24.8 Å². The molecule has 1 saturated carbocycles. The molecule has 0 radical (unpaired) electrons. The summed E-state index contributed by atoms with van der Waals surface area (Å²) < 4.78 is 12.4. The third-order valence-electron chi connectivity index (χ3n) is 6.02. The fourth-order valence-corrected chi connectivity index (χ4v) is 9.26. The van der Waals surface area contributed by atoms with Gasteiger partial charge in [-0.25, -0.2) is 0 Å². The van der Waals surface area contributed by atoms with Crippen LogP contribution in [0.4, 0.5) is 0 Å². The van der Waals surface area contributed by atoms with Crippen LogP contribution in [0.2, 0.25) is 10.6 Å². The molecule has 2 atom stereocenters. The van der Waals surface area contributed by atoms with Gasteiger partial charge in [-0.1, -0.05) is 66.7 Å². The maximum Gasteiger partial charge on any atom is 0.347 e. The van der Waals surface area contributed by atoms with Crippen LogP contribution in [-0.4, -0.2) is 22.8 Å². The van der Waals surface area contributed by atoms with Crippen LogP contribution in [0.3, 0.4) is 0 Å². The summed E-state index contributed by atoms with van der Waals surface area (Å²) in [6.07, 6.45) is 8.04. The Morgan fingerprint density at radius 3 is 2.20 bits per heavy atom. The van der Waals surface area contributed by atoms with Crippen molar-refractivity contribution in [3.63, 3.8) is 0 Å². The Kier molecular flexibility index (Phi) is 6.74. The van der Waals surface area contributed by atoms with Gasteiger partial charge in [-0.2, -0.15) is 0 Å². The lowest BCUT2D eigenvalue weighted by Gasteiger charge is -2.49. The number of rotatable bonds is 8. The standard InChI is InChI=1S/C17H36O2Si/c1-8-9-11-15-12-10-13-16(15)20(18-6,19-7)17(4,5)14(2)3/h14-16H,8-13H2,1-7H3. The van der Waals surface area contributed by atoms with Crippen molar-refractivity contribution in [3.05, 3.63) is 0 Å². The van der Waals surface area contributed by atoms with Gasteiger partial charge in [-0.05, 0) is 18.3 Å². The van der Waals surface area contributed by atoms with Crippen LogP contribution < -0.4 is 0 Å². The molecule has 1 aliphatic rings. The van der Waals surface area contributed by atoms with Crippen LogP contribution in [0.5, 0.6) is 0 Å². The monoisotopic (exact) mass is 300 g/mol. The normalized spacial score (nSPS) is 24.6. The average Bonchev–Trinajstić information content (AvgIpc) is 2.87. The van der Waals surface area contributed by atoms with E-state index in [0.29, 0.717) is 11.5 Å². The van der Waals surface area contributed by atoms with Gasteiger partial charge in [-0.15, -0.1) is 0 Å². The molecule has 3 heteroatoms. The van der Waals surface area contributed by atoms with Gasteiger partial charge in [0.15, 0.2) is 0 Å². The number of hydrogen-bond acceptors (Lipinski definition) is 2. The van der Waals surface area contributed by atoms with Gasteiger partial charge in [-0.3, -0.25) is 0 Å². The summed E-state index contributed by atoms with van der Waals surface area (Å²) in [5.41, 5.74) is 0.668. The second kappa shape index (κ2) is 7.41. The van der Waals surface area contributed by atoms with Gasteiger partial charge in [0.1, 0.15) is 0 Å². The molecule has 2 nitrogen and oxygen atoms in total. The van der Waals surface area contributed by atoms with E-state index < -0.39 is 8.56 Å². The molecule has 0 spiro atoms. The van der Waals surface area contributed by atoms with Gasteiger partial charge < -0.3 is 8.85 Å². The molecule has 0 saturated heterocycles. The van der Waals surface area contributed by atoms with E-state index in [4.69, 9.17) is 8.85 Å². The zero-order chi connectivity index (χ0) is 15.4. The average molecular weight is 301 g/mol. The summed E-state index contributed by atoms with van der Waals surface area (Å²) in [6.45, 7) is 11.7. The van der Waals surface area contributed by atoms with E-state index in [0.717, 1.165) is 5.92 Å². The first kappa shape index (κ1) is 18.2. The van der Waals surface area contributed by atoms with Crippen molar-refractivity contribution in [2.75, 3.05) is 14.2 Å². The quantitative estimate of drug-likeness (QED) is 0.550. The molecule has 0 aromatic heterocycles. The Hall–Kier alpha value is 0.137. The van der Waals surface area contributed by atoms with E-state index in [2.05, 4.69) is 34.6 Å². The van der Waals surface area contributed by atoms with Crippen molar-refractivity contribution >= 4 is 8.56 Å². The summed E-state index contributed by atoms with van der Waals surface area (Å²) in [5, 5.41) is 0.149. The largest absolute Gasteiger partial charge is 0.397 e. The minimum absolute atomic E-state index is 0.149. The zero-order valence-corrected chi connectivity index (χ0v) is 15.8. The van der Waals surface area contributed by atoms with Crippen molar-refractivity contribution in [1.29, 1.82) is 0 Å². The Morgan fingerprint density at radius 2 is 1.75 bits per heavy atom. The third kappa shape index (κ3) is 3.15. The molecule has 120 valence electrons. The number of unbranched alkanes of at least 4 members (excludes halogenated alkanes) is 1. The summed E-state index contributed by atoms with van der Waals surface area (Å²) in [6, 6.07) is 0. The van der Waals surface area contributed by atoms with Crippen molar-refractivity contribution in [3.8, 4) is 0 Å². The molecule has 0 N–H and O–H groups in total. The van der Waals surface area contributed by atoms with E-state index in [-0.39, 0.29) is 5.04 Å². The van der Waals surface area contributed by atoms with E-state index in [1.165, 1.54) is 38.5 Å². The maximum atomic E-state index is 6.22. The van der Waals surface area contributed by atoms with E-state index in [1.54, 1.807) is 0 Å². The Labute approximate surface area is 127 Å². The summed E-state index contributed by atoms with van der Waals surface area (Å²) in [7, 11) is 1.58. The summed E-state index contributed by atoms with van der Waals surface area (Å²) in [5.74, 6) is 1.40. The highest BCUT2D eigenvalue weighted by Gasteiger charge is 2.60. The van der Waals surface area contributed by atoms with Gasteiger partial charge in [0.2, 0.25) is 0 Å². The lowest BCUT2D eigenvalue weighted by atomic mass is 9.98. The summed E-state index contributed by atoms with van der Waals surface area (Å²) in [4.78, 5) is 0. The van der Waals surface area contributed by atoms with Crippen LogP contribution in [0, 0.1) is 11.8 Å². The SMILES string of the molecule is CCCCC1CCCC1[Si](OC)(OC)C(C)(C)C(C)C. The Bertz CT molecular complexity index is 285. The molecule has 0 aromatic carbocycles. The lowest BCUT2D eigenvalue weighted by Crippen LogP contribution is -2.56. The van der Waals surface area contributed by atoms with Crippen LogP contribution in [0.1, 0.15) is 73.1 Å². The number of hydrogen-bond donors (Lipinski definition) is 0. The highest BCUT2D eigenvalue weighted by Crippen LogP contribution is 2.57. The molecule has 0 aliphatic heterocycles. The van der Waals surface area contributed by atoms with E-state index >= 15 is 0 Å². The third-order valence-corrected chi connectivity index (χ3v) is 11.3. The van der Waals surface area contributed by atoms with Gasteiger partial charge in [0.25, 0.3) is 0 Å². The van der Waals surface area contributed by atoms with Crippen molar-refractivity contribution in [1.82, 2.24) is 0 Å². The van der Waals surface area contributed by atoms with E-state index in [1.807, 2.05) is 14.2 Å². The van der Waals surface area contributed by atoms with Crippen LogP contribution in [0.15, 0.2) is 0 Å². The van der Waals surface area contributed by atoms with Crippen LogP contribution in [-0.2, 0) is 8.85 Å². The molecule has 0 bridgehead atoms. The molecule has 0 aromatic rings. The molecule has 2 unspecified atom stereocenters. The molecule has 1 fully saturated rings. The second-order valence-electron chi connectivity index (χ2n) is 7.39. The molecule has 0 heterocycles. The molecule has 1 aliphatic carbocycles. The Morgan fingerprint density at radius 1 is 1.15 bits per heavy atom. The second-order valence-corrected chi connectivity index (χ2v) is 11.6. The molecule has 20 heavy (non-hydrogen) atoms. The molecule has 1 rings (SSSR count). The van der Waals surface area contributed by atoms with Crippen LogP contribution >= 0.6 is 0 Å².